The Kier molecular flexibility index (Phi) is 4.83. The number of nitrogens with one attached hydrogen (secondary N) is 2. The highest BCUT2D eigenvalue weighted by molar-refractivity contribution is 7.21. The van der Waals surface area contributed by atoms with Crippen LogP contribution in [0.15, 0.2) is 48.5 Å². The lowest BCUT2D eigenvalue weighted by Crippen LogP contribution is -2.22. The first-order valence-electron chi connectivity index (χ1n) is 7.36. The molecular weight excluding hydrogens is 344 g/mol. The fourth-order valence-corrected chi connectivity index (χ4v) is 3.77. The molecule has 0 fully saturated rings. The third-order valence-corrected chi connectivity index (χ3v) is 5.31. The topological polar surface area (TPSA) is 58.2 Å². The van der Waals surface area contributed by atoms with E-state index in [1.807, 2.05) is 36.4 Å². The SMILES string of the molecule is CNC(=O)c1ccc(CNC(=O)c2sc3ccccc3c2Cl)cc1. The summed E-state index contributed by atoms with van der Waals surface area (Å²) in [7, 11) is 1.59. The largest absolute Gasteiger partial charge is 0.355 e. The number of carbonyl (C=O) groups excluding carboxylic acids is 2. The van der Waals surface area contributed by atoms with Gasteiger partial charge in [0, 0.05) is 29.2 Å². The van der Waals surface area contributed by atoms with E-state index in [4.69, 9.17) is 11.6 Å². The van der Waals surface area contributed by atoms with Crippen molar-refractivity contribution in [1.82, 2.24) is 10.6 Å². The van der Waals surface area contributed by atoms with Crippen LogP contribution in [0.4, 0.5) is 0 Å². The molecule has 3 aromatic rings. The maximum atomic E-state index is 12.4. The van der Waals surface area contributed by atoms with Gasteiger partial charge in [-0.05, 0) is 23.8 Å². The molecule has 0 aliphatic carbocycles. The van der Waals surface area contributed by atoms with Gasteiger partial charge in [-0.15, -0.1) is 11.3 Å². The molecule has 2 N–H and O–H groups in total. The molecular formula is C18H15ClN2O2S. The monoisotopic (exact) mass is 358 g/mol. The number of benzene rings is 2. The summed E-state index contributed by atoms with van der Waals surface area (Å²) in [6.45, 7) is 0.372. The normalized spacial score (nSPS) is 10.6. The van der Waals surface area contributed by atoms with Gasteiger partial charge in [0.1, 0.15) is 4.88 Å². The Morgan fingerprint density at radius 2 is 1.75 bits per heavy atom. The number of thiophene rings is 1. The quantitative estimate of drug-likeness (QED) is 0.744. The summed E-state index contributed by atoms with van der Waals surface area (Å²) >= 11 is 7.69. The van der Waals surface area contributed by atoms with Crippen LogP contribution in [0.2, 0.25) is 5.02 Å². The predicted octanol–water partition coefficient (Wildman–Crippen LogP) is 3.84. The smallest absolute Gasteiger partial charge is 0.263 e. The summed E-state index contributed by atoms with van der Waals surface area (Å²) in [5.41, 5.74) is 1.49. The van der Waals surface area contributed by atoms with Gasteiger partial charge >= 0.3 is 0 Å². The Balaban J connectivity index is 1.70. The molecule has 0 atom stereocenters. The van der Waals surface area contributed by atoms with Crippen molar-refractivity contribution in [2.45, 2.75) is 6.54 Å². The number of hydrogen-bond donors (Lipinski definition) is 2. The predicted molar refractivity (Wildman–Crippen MR) is 97.8 cm³/mol. The molecule has 2 amide bonds. The highest BCUT2D eigenvalue weighted by Gasteiger charge is 2.16. The number of halogens is 1. The number of carbonyl (C=O) groups is 2. The first-order chi connectivity index (χ1) is 11.6. The fraction of sp³-hybridized carbons (Fsp3) is 0.111. The van der Waals surface area contributed by atoms with E-state index in [1.54, 1.807) is 19.2 Å². The highest BCUT2D eigenvalue weighted by Crippen LogP contribution is 2.34. The average Bonchev–Trinajstić information content (AvgIpc) is 2.96. The van der Waals surface area contributed by atoms with Crippen molar-refractivity contribution in [2.24, 2.45) is 0 Å². The van der Waals surface area contributed by atoms with Gasteiger partial charge in [-0.25, -0.2) is 0 Å². The van der Waals surface area contributed by atoms with E-state index >= 15 is 0 Å². The minimum atomic E-state index is -0.198. The maximum absolute atomic E-state index is 12.4. The lowest BCUT2D eigenvalue weighted by Gasteiger charge is -2.05. The number of rotatable bonds is 4. The third kappa shape index (κ3) is 3.27. The van der Waals surface area contributed by atoms with Crippen LogP contribution >= 0.6 is 22.9 Å². The van der Waals surface area contributed by atoms with Crippen molar-refractivity contribution in [2.75, 3.05) is 7.05 Å². The summed E-state index contributed by atoms with van der Waals surface area (Å²) in [6, 6.07) is 14.8. The second kappa shape index (κ2) is 7.03. The van der Waals surface area contributed by atoms with Crippen LogP contribution in [0.3, 0.4) is 0 Å². The fourth-order valence-electron chi connectivity index (χ4n) is 2.34. The van der Waals surface area contributed by atoms with Gasteiger partial charge in [0.05, 0.1) is 5.02 Å². The van der Waals surface area contributed by atoms with Crippen LogP contribution in [-0.2, 0) is 6.54 Å². The van der Waals surface area contributed by atoms with Crippen LogP contribution in [0, 0.1) is 0 Å². The Hall–Kier alpha value is -2.37. The van der Waals surface area contributed by atoms with Crippen molar-refractivity contribution >= 4 is 44.8 Å². The van der Waals surface area contributed by atoms with E-state index in [2.05, 4.69) is 10.6 Å². The standard InChI is InChI=1S/C18H15ClN2O2S/c1-20-17(22)12-8-6-11(7-9-12)10-21-18(23)16-15(19)13-4-2-3-5-14(13)24-16/h2-9H,10H2,1H3,(H,20,22)(H,21,23). The van der Waals surface area contributed by atoms with Crippen LogP contribution in [0.25, 0.3) is 10.1 Å². The first kappa shape index (κ1) is 16.5. The Morgan fingerprint density at radius 3 is 2.42 bits per heavy atom. The molecule has 1 aromatic heterocycles. The molecule has 0 aliphatic heterocycles. The van der Waals surface area contributed by atoms with E-state index in [-0.39, 0.29) is 11.8 Å². The molecule has 0 unspecified atom stereocenters. The lowest BCUT2D eigenvalue weighted by molar-refractivity contribution is 0.0949. The van der Waals surface area contributed by atoms with Crippen LogP contribution < -0.4 is 10.6 Å². The minimum absolute atomic E-state index is 0.136. The molecule has 122 valence electrons. The summed E-state index contributed by atoms with van der Waals surface area (Å²) in [5.74, 6) is -0.334. The molecule has 1 heterocycles. The highest BCUT2D eigenvalue weighted by atomic mass is 35.5. The zero-order valence-electron chi connectivity index (χ0n) is 12.9. The van der Waals surface area contributed by atoms with Crippen LogP contribution in [-0.4, -0.2) is 18.9 Å². The van der Waals surface area contributed by atoms with Gasteiger partial charge in [0.2, 0.25) is 0 Å². The molecule has 0 bridgehead atoms. The molecule has 0 spiro atoms. The molecule has 0 saturated heterocycles. The Labute approximate surface area is 148 Å². The summed E-state index contributed by atoms with van der Waals surface area (Å²) < 4.78 is 0.989. The maximum Gasteiger partial charge on any atom is 0.263 e. The number of amides is 2. The number of hydrogen-bond acceptors (Lipinski definition) is 3. The molecule has 2 aromatic carbocycles. The molecule has 4 nitrogen and oxygen atoms in total. The van der Waals surface area contributed by atoms with E-state index in [1.165, 1.54) is 11.3 Å². The van der Waals surface area contributed by atoms with Crippen LogP contribution in [0.5, 0.6) is 0 Å². The van der Waals surface area contributed by atoms with Gasteiger partial charge in [-0.1, -0.05) is 41.9 Å². The summed E-state index contributed by atoms with van der Waals surface area (Å²) in [6.07, 6.45) is 0. The van der Waals surface area contributed by atoms with Gasteiger partial charge < -0.3 is 10.6 Å². The van der Waals surface area contributed by atoms with Gasteiger partial charge in [-0.3, -0.25) is 9.59 Å². The summed E-state index contributed by atoms with van der Waals surface area (Å²) in [5, 5.41) is 6.82. The lowest BCUT2D eigenvalue weighted by atomic mass is 10.1. The van der Waals surface area contributed by atoms with Gasteiger partial charge in [-0.2, -0.15) is 0 Å². The molecule has 3 rings (SSSR count). The average molecular weight is 359 g/mol. The Morgan fingerprint density at radius 1 is 1.04 bits per heavy atom. The first-order valence-corrected chi connectivity index (χ1v) is 8.56. The van der Waals surface area contributed by atoms with Crippen molar-refractivity contribution in [3.63, 3.8) is 0 Å². The minimum Gasteiger partial charge on any atom is -0.355 e. The van der Waals surface area contributed by atoms with E-state index < -0.39 is 0 Å². The van der Waals surface area contributed by atoms with Crippen molar-refractivity contribution in [3.8, 4) is 0 Å². The zero-order chi connectivity index (χ0) is 17.1. The van der Waals surface area contributed by atoms with E-state index in [9.17, 15) is 9.59 Å². The second-order valence-corrected chi connectivity index (χ2v) is 6.63. The molecule has 24 heavy (non-hydrogen) atoms. The van der Waals surface area contributed by atoms with Crippen molar-refractivity contribution < 1.29 is 9.59 Å². The van der Waals surface area contributed by atoms with E-state index in [0.717, 1.165) is 15.6 Å². The van der Waals surface area contributed by atoms with Crippen molar-refractivity contribution in [1.29, 1.82) is 0 Å². The van der Waals surface area contributed by atoms with Crippen molar-refractivity contribution in [3.05, 3.63) is 69.6 Å². The van der Waals surface area contributed by atoms with Gasteiger partial charge in [0.25, 0.3) is 11.8 Å². The second-order valence-electron chi connectivity index (χ2n) is 5.20. The Bertz CT molecular complexity index is 903. The van der Waals surface area contributed by atoms with E-state index in [0.29, 0.717) is 22.0 Å². The molecule has 0 aliphatic rings. The molecule has 0 radical (unpaired) electrons. The molecule has 6 heteroatoms. The summed E-state index contributed by atoms with van der Waals surface area (Å²) in [4.78, 5) is 24.4. The molecule has 0 saturated carbocycles. The number of fused-ring (bicyclic) bond motifs is 1. The third-order valence-electron chi connectivity index (χ3n) is 3.64. The van der Waals surface area contributed by atoms with Crippen LogP contribution in [0.1, 0.15) is 25.6 Å². The zero-order valence-corrected chi connectivity index (χ0v) is 14.5. The van der Waals surface area contributed by atoms with Gasteiger partial charge in [0.15, 0.2) is 0 Å².